The van der Waals surface area contributed by atoms with Crippen molar-refractivity contribution in [2.24, 2.45) is 5.92 Å². The summed E-state index contributed by atoms with van der Waals surface area (Å²) in [5.74, 6) is 0.921. The summed E-state index contributed by atoms with van der Waals surface area (Å²) in [7, 11) is 4.32. The molecule has 26 heavy (non-hydrogen) atoms. The molecule has 1 atom stereocenters. The molecule has 0 aliphatic carbocycles. The van der Waals surface area contributed by atoms with Crippen LogP contribution in [0.5, 0.6) is 0 Å². The molecule has 0 saturated carbocycles. The van der Waals surface area contributed by atoms with E-state index < -0.39 is 0 Å². The van der Waals surface area contributed by atoms with Crippen LogP contribution in [0.25, 0.3) is 0 Å². The number of hydrogen-bond acceptors (Lipinski definition) is 1. The lowest BCUT2D eigenvalue weighted by atomic mass is 9.99. The van der Waals surface area contributed by atoms with Gasteiger partial charge in [0, 0.05) is 6.54 Å². The van der Waals surface area contributed by atoms with Crippen LogP contribution in [0.3, 0.4) is 0 Å². The fourth-order valence-electron chi connectivity index (χ4n) is 1.97. The highest BCUT2D eigenvalue weighted by atomic mass is 15.1. The highest BCUT2D eigenvalue weighted by molar-refractivity contribution is 4.94. The molecule has 0 aliphatic heterocycles. The topological polar surface area (TPSA) is 3.24 Å². The molecule has 0 aliphatic rings. The van der Waals surface area contributed by atoms with Crippen LogP contribution in [0.4, 0.5) is 0 Å². The third kappa shape index (κ3) is 49.5. The maximum absolute atomic E-state index is 2.30. The summed E-state index contributed by atoms with van der Waals surface area (Å²) in [6.07, 6.45) is 12.8. The molecule has 1 unspecified atom stereocenters. The zero-order chi connectivity index (χ0) is 21.8. The highest BCUT2D eigenvalue weighted by Crippen LogP contribution is 2.12. The van der Waals surface area contributed by atoms with Crippen LogP contribution in [-0.2, 0) is 0 Å². The zero-order valence-corrected chi connectivity index (χ0v) is 21.5. The van der Waals surface area contributed by atoms with Crippen LogP contribution in [0.2, 0.25) is 0 Å². The first kappa shape index (κ1) is 36.6. The van der Waals surface area contributed by atoms with Gasteiger partial charge in [-0.15, -0.1) is 0 Å². The Morgan fingerprint density at radius 1 is 0.808 bits per heavy atom. The number of hydrogen-bond donors (Lipinski definition) is 0. The Balaban J connectivity index is -0.0000000842. The standard InChI is InChI=1S/C10H23N.C7H14.C4H10.2C2H6/c1-5-7-8-10(6-2)9-11(3)4;1-4-6-7(3)5-2;1-3-4-2;2*1-2/h10H,5-9H2,1-4H3;5H,4,6H2,1-3H3;3-4H2,1-2H3;2*1-2H3/b;7-5-;;;. The predicted octanol–water partition coefficient (Wildman–Crippen LogP) is 9.38. The van der Waals surface area contributed by atoms with E-state index in [1.54, 1.807) is 0 Å². The van der Waals surface area contributed by atoms with E-state index in [9.17, 15) is 0 Å². The van der Waals surface area contributed by atoms with E-state index in [4.69, 9.17) is 0 Å². The van der Waals surface area contributed by atoms with Gasteiger partial charge < -0.3 is 4.90 Å². The SMILES string of the molecule is C/C=C(/C)CCC.CC.CC.CCCC.CCCCC(CC)CN(C)C. The van der Waals surface area contributed by atoms with E-state index in [1.165, 1.54) is 63.5 Å². The minimum Gasteiger partial charge on any atom is -0.309 e. The first-order valence-electron chi connectivity index (χ1n) is 11.7. The van der Waals surface area contributed by atoms with Gasteiger partial charge in [0.2, 0.25) is 0 Å². The van der Waals surface area contributed by atoms with Gasteiger partial charge in [-0.1, -0.05) is 112 Å². The van der Waals surface area contributed by atoms with Gasteiger partial charge in [-0.3, -0.25) is 0 Å². The number of rotatable bonds is 9. The fourth-order valence-corrected chi connectivity index (χ4v) is 1.97. The minimum absolute atomic E-state index is 0.921. The Bertz CT molecular complexity index is 204. The highest BCUT2D eigenvalue weighted by Gasteiger charge is 2.05. The summed E-state index contributed by atoms with van der Waals surface area (Å²) in [6.45, 7) is 24.6. The van der Waals surface area contributed by atoms with Gasteiger partial charge in [0.1, 0.15) is 0 Å². The maximum Gasteiger partial charge on any atom is 0.000346 e. The summed E-state index contributed by atoms with van der Waals surface area (Å²) >= 11 is 0. The van der Waals surface area contributed by atoms with Gasteiger partial charge in [0.15, 0.2) is 0 Å². The molecule has 1 heteroatoms. The van der Waals surface area contributed by atoms with Gasteiger partial charge in [0.25, 0.3) is 0 Å². The van der Waals surface area contributed by atoms with Crippen molar-refractivity contribution in [1.82, 2.24) is 4.90 Å². The quantitative estimate of drug-likeness (QED) is 0.364. The molecular formula is C25H59N. The molecule has 0 aromatic rings. The second-order valence-electron chi connectivity index (χ2n) is 6.56. The van der Waals surface area contributed by atoms with Gasteiger partial charge in [-0.25, -0.2) is 0 Å². The molecule has 164 valence electrons. The first-order valence-corrected chi connectivity index (χ1v) is 11.7. The Kier molecular flexibility index (Phi) is 55.8. The molecular weight excluding hydrogens is 314 g/mol. The van der Waals surface area contributed by atoms with Crippen LogP contribution in [0.15, 0.2) is 11.6 Å². The Labute approximate surface area is 171 Å². The van der Waals surface area contributed by atoms with Crippen molar-refractivity contribution in [1.29, 1.82) is 0 Å². The van der Waals surface area contributed by atoms with E-state index in [2.05, 4.69) is 73.5 Å². The Morgan fingerprint density at radius 3 is 1.46 bits per heavy atom. The molecule has 0 N–H and O–H groups in total. The van der Waals surface area contributed by atoms with Crippen LogP contribution >= 0.6 is 0 Å². The average Bonchev–Trinajstić information content (AvgIpc) is 2.68. The molecule has 0 aromatic carbocycles. The summed E-state index contributed by atoms with van der Waals surface area (Å²) in [4.78, 5) is 2.30. The molecule has 0 heterocycles. The van der Waals surface area contributed by atoms with E-state index in [0.29, 0.717) is 0 Å². The van der Waals surface area contributed by atoms with Crippen molar-refractivity contribution in [2.45, 2.75) is 128 Å². The number of nitrogens with zero attached hydrogens (tertiary/aromatic N) is 1. The van der Waals surface area contributed by atoms with Crippen LogP contribution in [-0.4, -0.2) is 25.5 Å². The Morgan fingerprint density at radius 2 is 1.27 bits per heavy atom. The molecule has 0 rings (SSSR count). The van der Waals surface area contributed by atoms with E-state index >= 15 is 0 Å². The van der Waals surface area contributed by atoms with E-state index in [0.717, 1.165) is 5.92 Å². The van der Waals surface area contributed by atoms with Crippen molar-refractivity contribution in [3.05, 3.63) is 11.6 Å². The molecule has 0 saturated heterocycles. The molecule has 0 radical (unpaired) electrons. The monoisotopic (exact) mass is 373 g/mol. The van der Waals surface area contributed by atoms with Gasteiger partial charge in [0.05, 0.1) is 0 Å². The van der Waals surface area contributed by atoms with Crippen LogP contribution < -0.4 is 0 Å². The molecule has 0 amide bonds. The van der Waals surface area contributed by atoms with Crippen LogP contribution in [0, 0.1) is 5.92 Å². The third-order valence-electron chi connectivity index (χ3n) is 3.80. The largest absolute Gasteiger partial charge is 0.309 e. The summed E-state index contributed by atoms with van der Waals surface area (Å²) in [6, 6.07) is 0. The summed E-state index contributed by atoms with van der Waals surface area (Å²) in [5, 5.41) is 0. The first-order chi connectivity index (χ1) is 12.4. The normalized spacial score (nSPS) is 10.8. The molecule has 0 spiro atoms. The van der Waals surface area contributed by atoms with Crippen molar-refractivity contribution in [2.75, 3.05) is 20.6 Å². The smallest absolute Gasteiger partial charge is 0.000346 e. The van der Waals surface area contributed by atoms with Gasteiger partial charge >= 0.3 is 0 Å². The zero-order valence-electron chi connectivity index (χ0n) is 21.5. The Hall–Kier alpha value is -0.300. The maximum atomic E-state index is 2.30. The van der Waals surface area contributed by atoms with Gasteiger partial charge in [-0.2, -0.15) is 0 Å². The predicted molar refractivity (Wildman–Crippen MR) is 129 cm³/mol. The molecule has 1 nitrogen and oxygen atoms in total. The molecule has 0 fully saturated rings. The fraction of sp³-hybridized carbons (Fsp3) is 0.920. The molecule has 0 aromatic heterocycles. The average molecular weight is 374 g/mol. The summed E-state index contributed by atoms with van der Waals surface area (Å²) in [5.41, 5.74) is 1.50. The lowest BCUT2D eigenvalue weighted by Crippen LogP contribution is -2.21. The van der Waals surface area contributed by atoms with Crippen LogP contribution in [0.1, 0.15) is 128 Å². The lowest BCUT2D eigenvalue weighted by molar-refractivity contribution is 0.301. The van der Waals surface area contributed by atoms with Crippen molar-refractivity contribution in [3.8, 4) is 0 Å². The van der Waals surface area contributed by atoms with E-state index in [1.807, 2.05) is 27.7 Å². The minimum atomic E-state index is 0.921. The lowest BCUT2D eigenvalue weighted by Gasteiger charge is -2.18. The third-order valence-corrected chi connectivity index (χ3v) is 3.80. The number of unbranched alkanes of at least 4 members (excludes halogenated alkanes) is 2. The van der Waals surface area contributed by atoms with Crippen molar-refractivity contribution in [3.63, 3.8) is 0 Å². The van der Waals surface area contributed by atoms with Crippen molar-refractivity contribution >= 4 is 0 Å². The second kappa shape index (κ2) is 39.7. The second-order valence-corrected chi connectivity index (χ2v) is 6.56. The summed E-state index contributed by atoms with van der Waals surface area (Å²) < 4.78 is 0. The number of allylic oxidation sites excluding steroid dienone is 2. The van der Waals surface area contributed by atoms with Crippen molar-refractivity contribution < 1.29 is 0 Å². The molecule has 0 bridgehead atoms. The van der Waals surface area contributed by atoms with Gasteiger partial charge in [-0.05, 0) is 46.7 Å². The van der Waals surface area contributed by atoms with E-state index in [-0.39, 0.29) is 0 Å².